The van der Waals surface area contributed by atoms with Crippen molar-refractivity contribution in [2.24, 2.45) is 5.73 Å². The molecule has 1 aliphatic heterocycles. The van der Waals surface area contributed by atoms with Gasteiger partial charge in [-0.3, -0.25) is 9.89 Å². The molecule has 3 rings (SSSR count). The van der Waals surface area contributed by atoms with Gasteiger partial charge in [0.25, 0.3) is 0 Å². The van der Waals surface area contributed by atoms with Crippen LogP contribution in [0.2, 0.25) is 0 Å². The van der Waals surface area contributed by atoms with Gasteiger partial charge in [0.2, 0.25) is 11.8 Å². The number of esters is 1. The maximum absolute atomic E-state index is 12.0. The Kier molecular flexibility index (Phi) is 5.40. The summed E-state index contributed by atoms with van der Waals surface area (Å²) in [5.41, 5.74) is 7.80. The molecule has 146 valence electrons. The van der Waals surface area contributed by atoms with Crippen LogP contribution < -0.4 is 19.9 Å². The van der Waals surface area contributed by atoms with Gasteiger partial charge in [0.05, 0.1) is 44.4 Å². The number of para-hydroxylation sites is 1. The molecule has 1 aromatic carbocycles. The maximum atomic E-state index is 12.0. The number of aromatic nitrogens is 2. The summed E-state index contributed by atoms with van der Waals surface area (Å²) in [7, 11) is 3.03. The number of hydrogen-bond donors (Lipinski definition) is 2. The number of nitrogens with one attached hydrogen (secondary N) is 1. The molecule has 0 saturated heterocycles. The van der Waals surface area contributed by atoms with Gasteiger partial charge in [-0.2, -0.15) is 5.26 Å². The molecule has 28 heavy (non-hydrogen) atoms. The normalized spacial score (nSPS) is 15.3. The van der Waals surface area contributed by atoms with Crippen LogP contribution in [0.5, 0.6) is 17.4 Å². The number of H-pyrrole nitrogens is 1. The van der Waals surface area contributed by atoms with Crippen LogP contribution in [0.1, 0.15) is 29.7 Å². The van der Waals surface area contributed by atoms with Crippen molar-refractivity contribution in [2.75, 3.05) is 20.8 Å². The van der Waals surface area contributed by atoms with E-state index in [4.69, 9.17) is 24.7 Å². The number of ether oxygens (including phenoxy) is 4. The van der Waals surface area contributed by atoms with Crippen LogP contribution >= 0.6 is 0 Å². The highest BCUT2D eigenvalue weighted by Crippen LogP contribution is 2.47. The predicted octanol–water partition coefficient (Wildman–Crippen LogP) is 1.75. The Morgan fingerprint density at radius 2 is 2.18 bits per heavy atom. The van der Waals surface area contributed by atoms with Gasteiger partial charge in [-0.25, -0.2) is 0 Å². The third kappa shape index (κ3) is 3.20. The van der Waals surface area contributed by atoms with Crippen LogP contribution in [0.25, 0.3) is 0 Å². The van der Waals surface area contributed by atoms with Gasteiger partial charge in [-0.15, -0.1) is 5.10 Å². The van der Waals surface area contributed by atoms with Gasteiger partial charge in [0, 0.05) is 5.56 Å². The highest BCUT2D eigenvalue weighted by atomic mass is 16.5. The second-order valence-electron chi connectivity index (χ2n) is 5.91. The highest BCUT2D eigenvalue weighted by molar-refractivity contribution is 5.73. The fourth-order valence-electron chi connectivity index (χ4n) is 3.25. The Morgan fingerprint density at radius 1 is 1.39 bits per heavy atom. The van der Waals surface area contributed by atoms with Crippen LogP contribution in [-0.2, 0) is 16.0 Å². The number of hydrogen-bond acceptors (Lipinski definition) is 8. The van der Waals surface area contributed by atoms with E-state index in [9.17, 15) is 10.1 Å². The molecule has 0 saturated carbocycles. The standard InChI is InChI=1S/C19H20N4O5/c1-4-27-14(24)8-12-16-15(10-6-5-7-13(25-2)17(10)26-3)11(9-20)18(21)28-19(16)23-22-12/h5-7,15H,4,8,21H2,1-3H3,(H,22,23)/t15-/m1/s1. The van der Waals surface area contributed by atoms with Gasteiger partial charge < -0.3 is 24.7 Å². The predicted molar refractivity (Wildman–Crippen MR) is 97.8 cm³/mol. The van der Waals surface area contributed by atoms with E-state index in [0.717, 1.165) is 0 Å². The van der Waals surface area contributed by atoms with Crippen LogP contribution in [0.4, 0.5) is 0 Å². The Labute approximate surface area is 161 Å². The van der Waals surface area contributed by atoms with Gasteiger partial charge in [-0.1, -0.05) is 12.1 Å². The quantitative estimate of drug-likeness (QED) is 0.720. The number of carbonyl (C=O) groups is 1. The zero-order chi connectivity index (χ0) is 20.3. The second-order valence-corrected chi connectivity index (χ2v) is 5.91. The van der Waals surface area contributed by atoms with Gasteiger partial charge in [0.1, 0.15) is 11.6 Å². The topological polar surface area (TPSA) is 132 Å². The average Bonchev–Trinajstić information content (AvgIpc) is 3.08. The molecule has 0 unspecified atom stereocenters. The van der Waals surface area contributed by atoms with E-state index in [-0.39, 0.29) is 30.4 Å². The number of methoxy groups -OCH3 is 2. The smallest absolute Gasteiger partial charge is 0.311 e. The minimum atomic E-state index is -0.651. The molecule has 0 fully saturated rings. The second kappa shape index (κ2) is 7.92. The summed E-state index contributed by atoms with van der Waals surface area (Å²) in [4.78, 5) is 12.0. The largest absolute Gasteiger partial charge is 0.493 e. The molecule has 2 aromatic rings. The Balaban J connectivity index is 2.20. The van der Waals surface area contributed by atoms with Crippen molar-refractivity contribution in [3.05, 3.63) is 46.5 Å². The molecule has 0 spiro atoms. The lowest BCUT2D eigenvalue weighted by Gasteiger charge is -2.25. The fourth-order valence-corrected chi connectivity index (χ4v) is 3.25. The molecule has 1 atom stereocenters. The van der Waals surface area contributed by atoms with Crippen molar-refractivity contribution in [3.63, 3.8) is 0 Å². The number of nitriles is 1. The monoisotopic (exact) mass is 384 g/mol. The molecular formula is C19H20N4O5. The summed E-state index contributed by atoms with van der Waals surface area (Å²) in [6.45, 7) is 1.99. The van der Waals surface area contributed by atoms with E-state index < -0.39 is 11.9 Å². The number of nitrogens with zero attached hydrogens (tertiary/aromatic N) is 2. The number of nitrogens with two attached hydrogens (primary N) is 1. The minimum absolute atomic E-state index is 0.0546. The summed E-state index contributed by atoms with van der Waals surface area (Å²) in [6, 6.07) is 7.43. The summed E-state index contributed by atoms with van der Waals surface area (Å²) in [6.07, 6.45) is -0.0546. The Hall–Kier alpha value is -3.67. The SMILES string of the molecule is CCOC(=O)Cc1[nH]nc2c1[C@H](c1cccc(OC)c1OC)C(C#N)=C(N)O2. The van der Waals surface area contributed by atoms with E-state index in [1.165, 1.54) is 14.2 Å². The van der Waals surface area contributed by atoms with Crippen molar-refractivity contribution in [1.29, 1.82) is 5.26 Å². The first-order valence-electron chi connectivity index (χ1n) is 8.56. The van der Waals surface area contributed by atoms with E-state index in [1.54, 1.807) is 25.1 Å². The lowest BCUT2D eigenvalue weighted by molar-refractivity contribution is -0.142. The highest BCUT2D eigenvalue weighted by Gasteiger charge is 2.37. The lowest BCUT2D eigenvalue weighted by Crippen LogP contribution is -2.22. The molecule has 1 aromatic heterocycles. The van der Waals surface area contributed by atoms with Crippen LogP contribution in [-0.4, -0.2) is 37.0 Å². The number of benzene rings is 1. The van der Waals surface area contributed by atoms with Gasteiger partial charge in [0.15, 0.2) is 11.5 Å². The minimum Gasteiger partial charge on any atom is -0.493 e. The number of allylic oxidation sites excluding steroid dienone is 1. The number of carbonyl (C=O) groups excluding carboxylic acids is 1. The summed E-state index contributed by atoms with van der Waals surface area (Å²) < 4.78 is 21.5. The van der Waals surface area contributed by atoms with Gasteiger partial charge >= 0.3 is 5.97 Å². The van der Waals surface area contributed by atoms with Crippen molar-refractivity contribution in [3.8, 4) is 23.4 Å². The fraction of sp³-hybridized carbons (Fsp3) is 0.316. The molecule has 9 nitrogen and oxygen atoms in total. The van der Waals surface area contributed by atoms with Crippen LogP contribution in [0.15, 0.2) is 29.7 Å². The maximum Gasteiger partial charge on any atom is 0.311 e. The van der Waals surface area contributed by atoms with Crippen molar-refractivity contribution in [1.82, 2.24) is 10.2 Å². The molecule has 0 aliphatic carbocycles. The van der Waals surface area contributed by atoms with Crippen molar-refractivity contribution >= 4 is 5.97 Å². The van der Waals surface area contributed by atoms with Crippen LogP contribution in [0, 0.1) is 11.3 Å². The lowest BCUT2D eigenvalue weighted by atomic mass is 9.83. The summed E-state index contributed by atoms with van der Waals surface area (Å²) in [5.74, 6) is 0.0177. The summed E-state index contributed by atoms with van der Waals surface area (Å²) >= 11 is 0. The first kappa shape index (κ1) is 19.1. The van der Waals surface area contributed by atoms with Crippen molar-refractivity contribution < 1.29 is 23.7 Å². The zero-order valence-corrected chi connectivity index (χ0v) is 15.7. The molecule has 0 bridgehead atoms. The number of rotatable bonds is 6. The van der Waals surface area contributed by atoms with Crippen LogP contribution in [0.3, 0.4) is 0 Å². The molecule has 2 heterocycles. The first-order valence-corrected chi connectivity index (χ1v) is 8.56. The molecule has 9 heteroatoms. The van der Waals surface area contributed by atoms with E-state index in [1.807, 2.05) is 0 Å². The third-order valence-corrected chi connectivity index (χ3v) is 4.39. The molecule has 1 aliphatic rings. The first-order chi connectivity index (χ1) is 13.5. The number of fused-ring (bicyclic) bond motifs is 1. The zero-order valence-electron chi connectivity index (χ0n) is 15.7. The van der Waals surface area contributed by atoms with E-state index in [0.29, 0.717) is 28.3 Å². The van der Waals surface area contributed by atoms with Gasteiger partial charge in [-0.05, 0) is 13.0 Å². The molecule has 0 radical (unpaired) electrons. The Morgan fingerprint density at radius 3 is 2.82 bits per heavy atom. The Bertz CT molecular complexity index is 973. The number of aromatic amines is 1. The molecule has 3 N–H and O–H groups in total. The molecular weight excluding hydrogens is 364 g/mol. The summed E-state index contributed by atoms with van der Waals surface area (Å²) in [5, 5.41) is 16.7. The van der Waals surface area contributed by atoms with Crippen molar-refractivity contribution in [2.45, 2.75) is 19.3 Å². The molecule has 0 amide bonds. The third-order valence-electron chi connectivity index (χ3n) is 4.39. The van der Waals surface area contributed by atoms with E-state index >= 15 is 0 Å². The average molecular weight is 384 g/mol. The van der Waals surface area contributed by atoms with E-state index in [2.05, 4.69) is 16.3 Å².